The summed E-state index contributed by atoms with van der Waals surface area (Å²) in [5, 5.41) is 2.85. The van der Waals surface area contributed by atoms with E-state index in [1.165, 1.54) is 31.7 Å². The van der Waals surface area contributed by atoms with Gasteiger partial charge in [0.15, 0.2) is 15.6 Å². The Hall–Kier alpha value is -1.64. The maximum atomic E-state index is 12.5. The number of amides is 1. The fourth-order valence-electron chi connectivity index (χ4n) is 3.44. The Balaban J connectivity index is 1.47. The average Bonchev–Trinajstić information content (AvgIpc) is 2.99. The summed E-state index contributed by atoms with van der Waals surface area (Å²) in [6.07, 6.45) is 6.02. The van der Waals surface area contributed by atoms with Gasteiger partial charge in [0, 0.05) is 11.0 Å². The number of hydrogen-bond donors (Lipinski definition) is 1. The van der Waals surface area contributed by atoms with Gasteiger partial charge in [-0.2, -0.15) is 0 Å². The van der Waals surface area contributed by atoms with Crippen LogP contribution in [0.1, 0.15) is 48.4 Å². The van der Waals surface area contributed by atoms with Gasteiger partial charge in [-0.05, 0) is 75.3 Å². The normalized spacial score (nSPS) is 15.8. The number of nitrogens with one attached hydrogen (secondary N) is 1. The Labute approximate surface area is 180 Å². The number of benzene rings is 1. The van der Waals surface area contributed by atoms with Crippen molar-refractivity contribution in [3.8, 4) is 0 Å². The molecule has 0 atom stereocenters. The number of carbonyl (C=O) groups excluding carboxylic acids is 1. The number of rotatable bonds is 8. The van der Waals surface area contributed by atoms with Gasteiger partial charge in [0.2, 0.25) is 0 Å². The van der Waals surface area contributed by atoms with Crippen LogP contribution in [0.2, 0.25) is 0 Å². The Bertz CT molecular complexity index is 901. The molecule has 1 aliphatic heterocycles. The number of carbonyl (C=O) groups is 1. The minimum Gasteiger partial charge on any atom is -0.455 e. The SMILES string of the molecule is O=C(NCCCN1CCCCCC1)c1ccc(CS(=O)(=O)c2ccc(Br)cc2)o1. The zero-order chi connectivity index (χ0) is 20.7. The van der Waals surface area contributed by atoms with Gasteiger partial charge >= 0.3 is 0 Å². The number of furan rings is 1. The lowest BCUT2D eigenvalue weighted by Crippen LogP contribution is -2.30. The molecule has 0 unspecified atom stereocenters. The van der Waals surface area contributed by atoms with Crippen molar-refractivity contribution in [3.05, 3.63) is 52.4 Å². The molecule has 158 valence electrons. The zero-order valence-corrected chi connectivity index (χ0v) is 18.8. The van der Waals surface area contributed by atoms with Crippen LogP contribution in [0.5, 0.6) is 0 Å². The summed E-state index contributed by atoms with van der Waals surface area (Å²) < 4.78 is 31.3. The quantitative estimate of drug-likeness (QED) is 0.574. The lowest BCUT2D eigenvalue weighted by molar-refractivity contribution is 0.0922. The Morgan fingerprint density at radius 1 is 1.03 bits per heavy atom. The topological polar surface area (TPSA) is 79.6 Å². The highest BCUT2D eigenvalue weighted by molar-refractivity contribution is 9.10. The van der Waals surface area contributed by atoms with Crippen molar-refractivity contribution >= 4 is 31.7 Å². The smallest absolute Gasteiger partial charge is 0.286 e. The van der Waals surface area contributed by atoms with E-state index in [1.807, 2.05) is 0 Å². The van der Waals surface area contributed by atoms with Gasteiger partial charge in [0.1, 0.15) is 11.5 Å². The Morgan fingerprint density at radius 2 is 1.72 bits per heavy atom. The third kappa shape index (κ3) is 6.69. The van der Waals surface area contributed by atoms with Gasteiger partial charge in [-0.15, -0.1) is 0 Å². The second-order valence-electron chi connectivity index (χ2n) is 7.34. The summed E-state index contributed by atoms with van der Waals surface area (Å²) in [4.78, 5) is 14.9. The molecule has 1 fully saturated rings. The minimum atomic E-state index is -3.53. The predicted octanol–water partition coefficient (Wildman–Crippen LogP) is 4.01. The molecular weight excluding hydrogens is 456 g/mol. The van der Waals surface area contributed by atoms with Gasteiger partial charge in [0.25, 0.3) is 5.91 Å². The maximum Gasteiger partial charge on any atom is 0.286 e. The molecule has 0 radical (unpaired) electrons. The molecule has 0 bridgehead atoms. The second-order valence-corrected chi connectivity index (χ2v) is 10.2. The van der Waals surface area contributed by atoms with Gasteiger partial charge in [0.05, 0.1) is 4.90 Å². The van der Waals surface area contributed by atoms with E-state index in [0.29, 0.717) is 6.54 Å². The van der Waals surface area contributed by atoms with Crippen LogP contribution < -0.4 is 5.32 Å². The fraction of sp³-hybridized carbons (Fsp3) is 0.476. The second kappa shape index (κ2) is 10.4. The van der Waals surface area contributed by atoms with Crippen LogP contribution in [0.3, 0.4) is 0 Å². The van der Waals surface area contributed by atoms with Gasteiger partial charge in [-0.25, -0.2) is 8.42 Å². The van der Waals surface area contributed by atoms with Crippen LogP contribution in [-0.2, 0) is 15.6 Å². The summed E-state index contributed by atoms with van der Waals surface area (Å²) in [7, 11) is -3.53. The van der Waals surface area contributed by atoms with Gasteiger partial charge in [-0.3, -0.25) is 4.79 Å². The van der Waals surface area contributed by atoms with Crippen LogP contribution in [0, 0.1) is 0 Å². The number of likely N-dealkylation sites (tertiary alicyclic amines) is 1. The van der Waals surface area contributed by atoms with E-state index in [-0.39, 0.29) is 28.1 Å². The Morgan fingerprint density at radius 3 is 2.41 bits per heavy atom. The molecular formula is C21H27BrN2O4S. The lowest BCUT2D eigenvalue weighted by atomic mass is 10.2. The summed E-state index contributed by atoms with van der Waals surface area (Å²) in [5.41, 5.74) is 0. The molecule has 1 saturated heterocycles. The van der Waals surface area contributed by atoms with Gasteiger partial charge in [-0.1, -0.05) is 28.8 Å². The van der Waals surface area contributed by atoms with E-state index in [9.17, 15) is 13.2 Å². The van der Waals surface area contributed by atoms with Crippen LogP contribution in [-0.4, -0.2) is 45.4 Å². The number of sulfone groups is 1. The summed E-state index contributed by atoms with van der Waals surface area (Å²) in [5.74, 6) is -0.201. The highest BCUT2D eigenvalue weighted by Crippen LogP contribution is 2.20. The molecule has 2 aromatic rings. The standard InChI is InChI=1S/C21H27BrN2O4S/c22-17-6-9-19(10-7-17)29(26,27)16-18-8-11-20(28-18)21(25)23-12-5-15-24-13-3-1-2-4-14-24/h6-11H,1-5,12-16H2,(H,23,25). The summed E-state index contributed by atoms with van der Waals surface area (Å²) in [6.45, 7) is 3.84. The van der Waals surface area contributed by atoms with Crippen molar-refractivity contribution < 1.29 is 17.6 Å². The molecule has 29 heavy (non-hydrogen) atoms. The van der Waals surface area contributed by atoms with E-state index < -0.39 is 9.84 Å². The maximum absolute atomic E-state index is 12.5. The van der Waals surface area contributed by atoms with Crippen molar-refractivity contribution in [3.63, 3.8) is 0 Å². The molecule has 6 nitrogen and oxygen atoms in total. The number of halogens is 1. The monoisotopic (exact) mass is 482 g/mol. The zero-order valence-electron chi connectivity index (χ0n) is 16.4. The molecule has 0 spiro atoms. The van der Waals surface area contributed by atoms with E-state index in [4.69, 9.17) is 4.42 Å². The Kier molecular flexibility index (Phi) is 7.91. The first kappa shape index (κ1) is 22.1. The van der Waals surface area contributed by atoms with E-state index >= 15 is 0 Å². The van der Waals surface area contributed by atoms with Crippen LogP contribution in [0.25, 0.3) is 0 Å². The fourth-order valence-corrected chi connectivity index (χ4v) is 4.95. The van der Waals surface area contributed by atoms with Crippen LogP contribution in [0.15, 0.2) is 50.2 Å². The summed E-state index contributed by atoms with van der Waals surface area (Å²) in [6, 6.07) is 9.51. The van der Waals surface area contributed by atoms with Gasteiger partial charge < -0.3 is 14.6 Å². The molecule has 1 aromatic carbocycles. The van der Waals surface area contributed by atoms with Crippen LogP contribution in [0.4, 0.5) is 0 Å². The molecule has 1 amide bonds. The highest BCUT2D eigenvalue weighted by Gasteiger charge is 2.19. The molecule has 1 N–H and O–H groups in total. The molecule has 2 heterocycles. The number of hydrogen-bond acceptors (Lipinski definition) is 5. The first-order valence-electron chi connectivity index (χ1n) is 10.0. The minimum absolute atomic E-state index is 0.140. The first-order chi connectivity index (χ1) is 13.9. The largest absolute Gasteiger partial charge is 0.455 e. The van der Waals surface area contributed by atoms with E-state index in [1.54, 1.807) is 30.3 Å². The van der Waals surface area contributed by atoms with Crippen molar-refractivity contribution in [2.24, 2.45) is 0 Å². The molecule has 0 saturated carbocycles. The molecule has 1 aliphatic rings. The number of nitrogens with zero attached hydrogens (tertiary/aromatic N) is 1. The van der Waals surface area contributed by atoms with E-state index in [2.05, 4.69) is 26.1 Å². The highest BCUT2D eigenvalue weighted by atomic mass is 79.9. The van der Waals surface area contributed by atoms with Crippen LogP contribution >= 0.6 is 15.9 Å². The molecule has 0 aliphatic carbocycles. The third-order valence-corrected chi connectivity index (χ3v) is 7.21. The van der Waals surface area contributed by atoms with Crippen molar-refractivity contribution in [2.45, 2.75) is 42.8 Å². The van der Waals surface area contributed by atoms with Crippen molar-refractivity contribution in [1.29, 1.82) is 0 Å². The molecule has 8 heteroatoms. The predicted molar refractivity (Wildman–Crippen MR) is 116 cm³/mol. The molecule has 1 aromatic heterocycles. The molecule has 3 rings (SSSR count). The van der Waals surface area contributed by atoms with E-state index in [0.717, 1.165) is 30.5 Å². The van der Waals surface area contributed by atoms with Crippen molar-refractivity contribution in [2.75, 3.05) is 26.2 Å². The lowest BCUT2D eigenvalue weighted by Gasteiger charge is -2.19. The first-order valence-corrected chi connectivity index (χ1v) is 12.5. The summed E-state index contributed by atoms with van der Waals surface area (Å²) >= 11 is 3.29. The average molecular weight is 483 g/mol. The third-order valence-electron chi connectivity index (χ3n) is 5.03. The van der Waals surface area contributed by atoms with Crippen molar-refractivity contribution in [1.82, 2.24) is 10.2 Å².